The molecule has 0 aromatic heterocycles. The van der Waals surface area contributed by atoms with E-state index in [1.165, 1.54) is 24.3 Å². The predicted octanol–water partition coefficient (Wildman–Crippen LogP) is 3.31. The van der Waals surface area contributed by atoms with E-state index in [-0.39, 0.29) is 11.7 Å². The molecular formula is C19H19F3N2O3. The molecule has 0 atom stereocenters. The second kappa shape index (κ2) is 7.87. The molecule has 3 rings (SSSR count). The van der Waals surface area contributed by atoms with Crippen LogP contribution < -0.4 is 14.8 Å². The van der Waals surface area contributed by atoms with Crippen molar-refractivity contribution >= 4 is 5.91 Å². The summed E-state index contributed by atoms with van der Waals surface area (Å²) in [4.78, 5) is 14.5. The molecule has 27 heavy (non-hydrogen) atoms. The minimum absolute atomic E-state index is 0.128. The number of alkyl halides is 3. The van der Waals surface area contributed by atoms with Crippen LogP contribution in [-0.2, 0) is 0 Å². The fourth-order valence-electron chi connectivity index (χ4n) is 2.85. The Morgan fingerprint density at radius 2 is 1.85 bits per heavy atom. The number of fused-ring (bicyclic) bond motifs is 1. The number of nitrogens with one attached hydrogen (secondary N) is 1. The Labute approximate surface area is 154 Å². The molecule has 1 amide bonds. The number of benzene rings is 2. The number of rotatable bonds is 5. The molecule has 2 aromatic rings. The molecule has 5 nitrogen and oxygen atoms in total. The topological polar surface area (TPSA) is 50.8 Å². The van der Waals surface area contributed by atoms with Crippen molar-refractivity contribution in [1.82, 2.24) is 10.2 Å². The highest BCUT2D eigenvalue weighted by atomic mass is 19.4. The van der Waals surface area contributed by atoms with Gasteiger partial charge in [-0.05, 0) is 42.4 Å². The highest BCUT2D eigenvalue weighted by molar-refractivity contribution is 5.98. The fraction of sp³-hybridized carbons (Fsp3) is 0.316. The maximum atomic E-state index is 12.8. The first-order valence-electron chi connectivity index (χ1n) is 8.44. The smallest absolute Gasteiger partial charge is 0.491 e. The molecular weight excluding hydrogens is 361 g/mol. The van der Waals surface area contributed by atoms with Crippen molar-refractivity contribution in [2.75, 3.05) is 33.3 Å². The van der Waals surface area contributed by atoms with Crippen LogP contribution in [0.5, 0.6) is 11.5 Å². The van der Waals surface area contributed by atoms with Gasteiger partial charge in [-0.25, -0.2) is 0 Å². The third kappa shape index (κ3) is 4.71. The number of hydrogen-bond donors (Lipinski definition) is 1. The summed E-state index contributed by atoms with van der Waals surface area (Å²) >= 11 is 0. The SMILES string of the molecule is CNCCN1CCOc2ccc(-c3ccc(OC(F)(F)F)cc3)cc2C1=O. The number of carbonyl (C=O) groups is 1. The van der Waals surface area contributed by atoms with E-state index in [4.69, 9.17) is 4.74 Å². The van der Waals surface area contributed by atoms with Crippen LogP contribution in [0.1, 0.15) is 10.4 Å². The first-order chi connectivity index (χ1) is 12.9. The van der Waals surface area contributed by atoms with Crippen LogP contribution in [0.15, 0.2) is 42.5 Å². The van der Waals surface area contributed by atoms with E-state index >= 15 is 0 Å². The summed E-state index contributed by atoms with van der Waals surface area (Å²) in [6.07, 6.45) is -4.73. The summed E-state index contributed by atoms with van der Waals surface area (Å²) in [6.45, 7) is 2.13. The van der Waals surface area contributed by atoms with Crippen molar-refractivity contribution in [1.29, 1.82) is 0 Å². The van der Waals surface area contributed by atoms with Crippen LogP contribution >= 0.6 is 0 Å². The molecule has 0 saturated heterocycles. The van der Waals surface area contributed by atoms with Gasteiger partial charge in [-0.2, -0.15) is 0 Å². The minimum Gasteiger partial charge on any atom is -0.491 e. The summed E-state index contributed by atoms with van der Waals surface area (Å²) in [5.41, 5.74) is 1.82. The van der Waals surface area contributed by atoms with Crippen molar-refractivity contribution in [2.24, 2.45) is 0 Å². The lowest BCUT2D eigenvalue weighted by molar-refractivity contribution is -0.274. The zero-order valence-electron chi connectivity index (χ0n) is 14.7. The zero-order chi connectivity index (χ0) is 19.4. The normalized spacial score (nSPS) is 14.4. The Morgan fingerprint density at radius 3 is 2.52 bits per heavy atom. The van der Waals surface area contributed by atoms with Crippen LogP contribution in [0.2, 0.25) is 0 Å². The van der Waals surface area contributed by atoms with Gasteiger partial charge in [0.05, 0.1) is 12.1 Å². The Balaban J connectivity index is 1.85. The Morgan fingerprint density at radius 1 is 1.15 bits per heavy atom. The molecule has 1 heterocycles. The van der Waals surface area contributed by atoms with E-state index in [1.54, 1.807) is 23.1 Å². The van der Waals surface area contributed by atoms with Crippen molar-refractivity contribution in [3.05, 3.63) is 48.0 Å². The Hall–Kier alpha value is -2.74. The van der Waals surface area contributed by atoms with Gasteiger partial charge in [0.15, 0.2) is 0 Å². The van der Waals surface area contributed by atoms with Gasteiger partial charge in [-0.15, -0.1) is 13.2 Å². The number of halogens is 3. The molecule has 0 unspecified atom stereocenters. The highest BCUT2D eigenvalue weighted by Gasteiger charge is 2.31. The molecule has 0 radical (unpaired) electrons. The number of hydrogen-bond acceptors (Lipinski definition) is 4. The molecule has 1 aliphatic heterocycles. The van der Waals surface area contributed by atoms with E-state index in [0.29, 0.717) is 48.7 Å². The zero-order valence-corrected chi connectivity index (χ0v) is 14.7. The van der Waals surface area contributed by atoms with E-state index in [2.05, 4.69) is 10.1 Å². The third-order valence-corrected chi connectivity index (χ3v) is 4.17. The largest absolute Gasteiger partial charge is 0.573 e. The van der Waals surface area contributed by atoms with Crippen molar-refractivity contribution in [2.45, 2.75) is 6.36 Å². The lowest BCUT2D eigenvalue weighted by Crippen LogP contribution is -2.37. The highest BCUT2D eigenvalue weighted by Crippen LogP contribution is 2.31. The Kier molecular flexibility index (Phi) is 5.55. The summed E-state index contributed by atoms with van der Waals surface area (Å²) in [5, 5.41) is 3.01. The Bertz CT molecular complexity index is 805. The third-order valence-electron chi connectivity index (χ3n) is 4.17. The maximum absolute atomic E-state index is 12.8. The van der Waals surface area contributed by atoms with Gasteiger partial charge in [0.25, 0.3) is 5.91 Å². The van der Waals surface area contributed by atoms with Crippen molar-refractivity contribution in [3.8, 4) is 22.6 Å². The monoisotopic (exact) mass is 380 g/mol. The average molecular weight is 380 g/mol. The molecule has 144 valence electrons. The summed E-state index contributed by atoms with van der Waals surface area (Å²) in [7, 11) is 1.82. The molecule has 0 fully saturated rings. The van der Waals surface area contributed by atoms with Crippen LogP contribution in [0.3, 0.4) is 0 Å². The lowest BCUT2D eigenvalue weighted by atomic mass is 10.0. The number of ether oxygens (including phenoxy) is 2. The van der Waals surface area contributed by atoms with Crippen molar-refractivity contribution < 1.29 is 27.4 Å². The number of nitrogens with zero attached hydrogens (tertiary/aromatic N) is 1. The van der Waals surface area contributed by atoms with Gasteiger partial charge in [0.2, 0.25) is 0 Å². The van der Waals surface area contributed by atoms with Crippen LogP contribution in [-0.4, -0.2) is 50.5 Å². The van der Waals surface area contributed by atoms with E-state index < -0.39 is 6.36 Å². The number of amides is 1. The van der Waals surface area contributed by atoms with Crippen LogP contribution in [0, 0.1) is 0 Å². The van der Waals surface area contributed by atoms with Gasteiger partial charge in [0, 0.05) is 13.1 Å². The van der Waals surface area contributed by atoms with Crippen LogP contribution in [0.4, 0.5) is 13.2 Å². The fourth-order valence-corrected chi connectivity index (χ4v) is 2.85. The standard InChI is InChI=1S/C19H19F3N2O3/c1-23-8-9-24-10-11-26-17-7-4-14(12-16(17)18(24)25)13-2-5-15(6-3-13)27-19(20,21)22/h2-7,12,23H,8-11H2,1H3. The average Bonchev–Trinajstić information content (AvgIpc) is 2.78. The van der Waals surface area contributed by atoms with Gasteiger partial charge < -0.3 is 19.7 Å². The molecule has 0 aliphatic carbocycles. The maximum Gasteiger partial charge on any atom is 0.573 e. The summed E-state index contributed by atoms with van der Waals surface area (Å²) in [6, 6.07) is 10.7. The molecule has 1 aliphatic rings. The first kappa shape index (κ1) is 19.0. The summed E-state index contributed by atoms with van der Waals surface area (Å²) in [5.74, 6) is 0.0861. The molecule has 0 bridgehead atoms. The minimum atomic E-state index is -4.73. The molecule has 1 N–H and O–H groups in total. The van der Waals surface area contributed by atoms with Crippen LogP contribution in [0.25, 0.3) is 11.1 Å². The first-order valence-corrected chi connectivity index (χ1v) is 8.44. The van der Waals surface area contributed by atoms with E-state index in [0.717, 1.165) is 0 Å². The quantitative estimate of drug-likeness (QED) is 0.865. The van der Waals surface area contributed by atoms with Gasteiger partial charge in [-0.1, -0.05) is 18.2 Å². The van der Waals surface area contributed by atoms with Gasteiger partial charge >= 0.3 is 6.36 Å². The second-order valence-electron chi connectivity index (χ2n) is 6.03. The number of likely N-dealkylation sites (N-methyl/N-ethyl adjacent to an activating group) is 1. The second-order valence-corrected chi connectivity index (χ2v) is 6.03. The number of carbonyl (C=O) groups excluding carboxylic acids is 1. The predicted molar refractivity (Wildman–Crippen MR) is 93.9 cm³/mol. The molecule has 2 aromatic carbocycles. The van der Waals surface area contributed by atoms with E-state index in [9.17, 15) is 18.0 Å². The van der Waals surface area contributed by atoms with Gasteiger partial charge in [-0.3, -0.25) is 4.79 Å². The molecule has 8 heteroatoms. The van der Waals surface area contributed by atoms with Gasteiger partial charge in [0.1, 0.15) is 18.1 Å². The summed E-state index contributed by atoms with van der Waals surface area (Å²) < 4.78 is 46.4. The molecule has 0 spiro atoms. The van der Waals surface area contributed by atoms with Crippen molar-refractivity contribution in [3.63, 3.8) is 0 Å². The lowest BCUT2D eigenvalue weighted by Gasteiger charge is -2.19. The molecule has 0 saturated carbocycles. The van der Waals surface area contributed by atoms with E-state index in [1.807, 2.05) is 7.05 Å².